The van der Waals surface area contributed by atoms with E-state index in [1.807, 2.05) is 19.2 Å². The first kappa shape index (κ1) is 11.6. The molecular weight excluding hydrogens is 210 g/mol. The number of halogens is 1. The van der Waals surface area contributed by atoms with Crippen molar-refractivity contribution in [3.05, 3.63) is 22.7 Å². The van der Waals surface area contributed by atoms with Gasteiger partial charge in [-0.15, -0.1) is 0 Å². The van der Waals surface area contributed by atoms with Crippen molar-refractivity contribution < 1.29 is 0 Å². The van der Waals surface area contributed by atoms with E-state index < -0.39 is 0 Å². The zero-order chi connectivity index (χ0) is 10.9. The van der Waals surface area contributed by atoms with Gasteiger partial charge in [0.1, 0.15) is 0 Å². The number of nitrogens with one attached hydrogen (secondary N) is 1. The Labute approximate surface area is 94.3 Å². The molecule has 1 rings (SSSR count). The van der Waals surface area contributed by atoms with Crippen molar-refractivity contribution in [2.24, 2.45) is 0 Å². The van der Waals surface area contributed by atoms with Gasteiger partial charge in [-0.2, -0.15) is 0 Å². The molecule has 1 aromatic carbocycles. The van der Waals surface area contributed by atoms with Crippen LogP contribution in [0.2, 0.25) is 5.02 Å². The molecule has 0 aliphatic heterocycles. The summed E-state index contributed by atoms with van der Waals surface area (Å²) >= 11 is 6.12. The molecule has 75 valence electrons. The van der Waals surface area contributed by atoms with Crippen molar-refractivity contribution in [3.8, 4) is 0 Å². The van der Waals surface area contributed by atoms with Gasteiger partial charge in [-0.1, -0.05) is 43.6 Å². The molecule has 0 atom stereocenters. The van der Waals surface area contributed by atoms with Gasteiger partial charge in [-0.3, -0.25) is 0 Å². The van der Waals surface area contributed by atoms with Gasteiger partial charge in [0.05, 0.1) is 21.0 Å². The molecule has 3 heteroatoms. The Morgan fingerprint density at radius 2 is 1.86 bits per heavy atom. The first-order valence-electron chi connectivity index (χ1n) is 4.60. The minimum Gasteiger partial charge on any atom is -0.387 e. The van der Waals surface area contributed by atoms with Crippen LogP contribution in [0, 0.1) is 0 Å². The van der Waals surface area contributed by atoms with Gasteiger partial charge in [0, 0.05) is 7.05 Å². The van der Waals surface area contributed by atoms with Crippen LogP contribution in [0.5, 0.6) is 0 Å². The molecule has 0 fully saturated rings. The Hall–Kier alpha value is -0.473. The first-order chi connectivity index (χ1) is 6.38. The summed E-state index contributed by atoms with van der Waals surface area (Å²) in [5, 5.41) is 5.00. The molecular formula is C11H15ClNSi. The third-order valence-corrected chi connectivity index (χ3v) is 2.89. The topological polar surface area (TPSA) is 12.0 Å². The summed E-state index contributed by atoms with van der Waals surface area (Å²) in [5.74, 6) is 0. The van der Waals surface area contributed by atoms with Crippen molar-refractivity contribution in [2.45, 2.75) is 26.2 Å². The molecule has 14 heavy (non-hydrogen) atoms. The third-order valence-electron chi connectivity index (χ3n) is 2.15. The molecule has 0 unspecified atom stereocenters. The van der Waals surface area contributed by atoms with E-state index in [1.54, 1.807) is 0 Å². The highest BCUT2D eigenvalue weighted by Gasteiger charge is 2.21. The molecule has 0 spiro atoms. The number of anilines is 1. The second-order valence-corrected chi connectivity index (χ2v) is 5.29. The zero-order valence-electron chi connectivity index (χ0n) is 9.03. The molecule has 0 aromatic heterocycles. The van der Waals surface area contributed by atoms with Crippen LogP contribution in [0.4, 0.5) is 5.69 Å². The molecule has 0 amide bonds. The van der Waals surface area contributed by atoms with Crippen molar-refractivity contribution in [2.75, 3.05) is 12.4 Å². The van der Waals surface area contributed by atoms with Crippen LogP contribution in [0.15, 0.2) is 12.1 Å². The minimum absolute atomic E-state index is 0.0698. The van der Waals surface area contributed by atoms with Gasteiger partial charge in [-0.25, -0.2) is 0 Å². The van der Waals surface area contributed by atoms with Crippen LogP contribution in [0.3, 0.4) is 0 Å². The molecule has 1 nitrogen and oxygen atoms in total. The van der Waals surface area contributed by atoms with Crippen molar-refractivity contribution in [1.29, 1.82) is 0 Å². The summed E-state index contributed by atoms with van der Waals surface area (Å²) in [5.41, 5.74) is 2.29. The average Bonchev–Trinajstić information content (AvgIpc) is 2.06. The molecule has 1 aromatic rings. The second kappa shape index (κ2) is 3.95. The fourth-order valence-corrected chi connectivity index (χ4v) is 2.44. The monoisotopic (exact) mass is 224 g/mol. The summed E-state index contributed by atoms with van der Waals surface area (Å²) in [6.45, 7) is 6.51. The van der Waals surface area contributed by atoms with Crippen molar-refractivity contribution in [3.63, 3.8) is 0 Å². The minimum atomic E-state index is 0.0698. The molecule has 0 bridgehead atoms. The number of benzene rings is 1. The lowest BCUT2D eigenvalue weighted by atomic mass is 9.85. The molecule has 0 saturated carbocycles. The van der Waals surface area contributed by atoms with Crippen molar-refractivity contribution in [1.82, 2.24) is 0 Å². The second-order valence-electron chi connectivity index (χ2n) is 4.34. The van der Waals surface area contributed by atoms with E-state index in [0.29, 0.717) is 0 Å². The predicted octanol–water partition coefficient (Wildman–Crippen LogP) is 2.47. The van der Waals surface area contributed by atoms with Gasteiger partial charge in [0.25, 0.3) is 0 Å². The summed E-state index contributed by atoms with van der Waals surface area (Å²) in [7, 11) is 5.50. The fraction of sp³-hybridized carbons (Fsp3) is 0.455. The Balaban J connectivity index is 3.46. The van der Waals surface area contributed by atoms with Crippen LogP contribution >= 0.6 is 11.6 Å². The fourth-order valence-electron chi connectivity index (χ4n) is 1.60. The van der Waals surface area contributed by atoms with Crippen molar-refractivity contribution >= 4 is 32.7 Å². The molecule has 1 N–H and O–H groups in total. The maximum Gasteiger partial charge on any atom is 0.0717 e. The normalized spacial score (nSPS) is 11.6. The van der Waals surface area contributed by atoms with E-state index in [2.05, 4.69) is 36.3 Å². The summed E-state index contributed by atoms with van der Waals surface area (Å²) < 4.78 is 0. The lowest BCUT2D eigenvalue weighted by Crippen LogP contribution is -2.25. The number of hydrogen-bond acceptors (Lipinski definition) is 1. The van der Waals surface area contributed by atoms with E-state index in [-0.39, 0.29) is 5.41 Å². The third kappa shape index (κ3) is 2.12. The quantitative estimate of drug-likeness (QED) is 0.723. The van der Waals surface area contributed by atoms with E-state index in [1.165, 1.54) is 5.56 Å². The van der Waals surface area contributed by atoms with Gasteiger partial charge in [-0.05, 0) is 17.0 Å². The summed E-state index contributed by atoms with van der Waals surface area (Å²) in [6, 6.07) is 3.88. The van der Waals surface area contributed by atoms with Gasteiger partial charge >= 0.3 is 0 Å². The lowest BCUT2D eigenvalue weighted by Gasteiger charge is -2.26. The van der Waals surface area contributed by atoms with Gasteiger partial charge in [0.15, 0.2) is 0 Å². The Morgan fingerprint density at radius 1 is 1.29 bits per heavy atom. The molecule has 0 saturated heterocycles. The maximum atomic E-state index is 6.12. The van der Waals surface area contributed by atoms with E-state index in [9.17, 15) is 0 Å². The lowest BCUT2D eigenvalue weighted by molar-refractivity contribution is 0.596. The Bertz CT molecular complexity index is 342. The van der Waals surface area contributed by atoms with Gasteiger partial charge in [0.2, 0.25) is 0 Å². The largest absolute Gasteiger partial charge is 0.387 e. The highest BCUT2D eigenvalue weighted by Crippen LogP contribution is 2.32. The highest BCUT2D eigenvalue weighted by atomic mass is 35.5. The van der Waals surface area contributed by atoms with Crippen LogP contribution in [0.1, 0.15) is 26.3 Å². The Morgan fingerprint density at radius 3 is 2.21 bits per heavy atom. The number of hydrogen-bond donors (Lipinski definition) is 1. The maximum absolute atomic E-state index is 6.12. The highest BCUT2D eigenvalue weighted by molar-refractivity contribution is 6.37. The molecule has 0 heterocycles. The van der Waals surface area contributed by atoms with E-state index >= 15 is 0 Å². The summed E-state index contributed by atoms with van der Waals surface area (Å²) in [6.07, 6.45) is 0. The van der Waals surface area contributed by atoms with E-state index in [0.717, 1.165) is 15.9 Å². The standard InChI is InChI=1S/C11H15ClNSi/c1-11(2,3)9-8(14)6-5-7(12)10(9)13-4/h5-6,13H,1-4H3. The molecule has 0 aliphatic rings. The smallest absolute Gasteiger partial charge is 0.0717 e. The molecule has 0 aliphatic carbocycles. The van der Waals surface area contributed by atoms with Crippen LogP contribution in [-0.2, 0) is 5.41 Å². The predicted molar refractivity (Wildman–Crippen MR) is 65.1 cm³/mol. The zero-order valence-corrected chi connectivity index (χ0v) is 10.8. The van der Waals surface area contributed by atoms with Crippen LogP contribution in [0.25, 0.3) is 0 Å². The van der Waals surface area contributed by atoms with Crippen LogP contribution in [-0.4, -0.2) is 17.3 Å². The number of rotatable bonds is 1. The Kier molecular flexibility index (Phi) is 3.27. The first-order valence-corrected chi connectivity index (χ1v) is 5.48. The van der Waals surface area contributed by atoms with Gasteiger partial charge < -0.3 is 5.32 Å². The SMILES string of the molecule is CNc1c(Cl)ccc([Si])c1C(C)(C)C. The molecule has 3 radical (unpaired) electrons. The van der Waals surface area contributed by atoms with E-state index in [4.69, 9.17) is 11.6 Å². The average molecular weight is 225 g/mol. The summed E-state index contributed by atoms with van der Waals surface area (Å²) in [4.78, 5) is 0. The van der Waals surface area contributed by atoms with Crippen LogP contribution < -0.4 is 10.5 Å².